The van der Waals surface area contributed by atoms with Crippen LogP contribution in [-0.4, -0.2) is 13.1 Å². The maximum absolute atomic E-state index is 11.4. The van der Waals surface area contributed by atoms with E-state index in [4.69, 9.17) is 0 Å². The Morgan fingerprint density at radius 3 is 2.08 bits per heavy atom. The van der Waals surface area contributed by atoms with E-state index in [1.165, 1.54) is 7.11 Å². The van der Waals surface area contributed by atoms with Crippen molar-refractivity contribution in [3.8, 4) is 0 Å². The molecule has 0 bridgehead atoms. The van der Waals surface area contributed by atoms with Gasteiger partial charge in [0.2, 0.25) is 0 Å². The van der Waals surface area contributed by atoms with Crippen LogP contribution in [0.3, 0.4) is 0 Å². The van der Waals surface area contributed by atoms with E-state index < -0.39 is 0 Å². The molecule has 3 heteroatoms. The highest BCUT2D eigenvalue weighted by Crippen LogP contribution is 2.59. The van der Waals surface area contributed by atoms with Gasteiger partial charge in [-0.3, -0.25) is 4.89 Å². The topological polar surface area (TPSA) is 35.5 Å². The van der Waals surface area contributed by atoms with E-state index >= 15 is 0 Å². The van der Waals surface area contributed by atoms with Crippen LogP contribution in [0.1, 0.15) is 33.6 Å². The first kappa shape index (κ1) is 9.52. The second kappa shape index (κ2) is 2.73. The molecule has 3 nitrogen and oxygen atoms in total. The van der Waals surface area contributed by atoms with Gasteiger partial charge in [-0.1, -0.05) is 20.8 Å². The molecule has 12 heavy (non-hydrogen) atoms. The van der Waals surface area contributed by atoms with Crippen molar-refractivity contribution in [2.45, 2.75) is 33.6 Å². The summed E-state index contributed by atoms with van der Waals surface area (Å²) in [5.74, 6) is -0.225. The predicted octanol–water partition coefficient (Wildman–Crippen LogP) is 1.92. The third-order valence-electron chi connectivity index (χ3n) is 2.74. The standard InChI is InChI=1S/C9H16O3/c1-8(2,3)9(5-6-9)7(10)12-11-4/h5-6H2,1-4H3. The van der Waals surface area contributed by atoms with Crippen LogP contribution in [-0.2, 0) is 14.6 Å². The van der Waals surface area contributed by atoms with Gasteiger partial charge in [-0.25, -0.2) is 4.79 Å². The number of carbonyl (C=O) groups excluding carboxylic acids is 1. The van der Waals surface area contributed by atoms with Crippen LogP contribution in [0, 0.1) is 10.8 Å². The molecule has 0 N–H and O–H groups in total. The maximum atomic E-state index is 11.4. The van der Waals surface area contributed by atoms with Crippen molar-refractivity contribution in [3.63, 3.8) is 0 Å². The Hall–Kier alpha value is -0.570. The molecule has 0 unspecified atom stereocenters. The van der Waals surface area contributed by atoms with Crippen LogP contribution in [0.4, 0.5) is 0 Å². The summed E-state index contributed by atoms with van der Waals surface area (Å²) in [6.45, 7) is 6.16. The first-order valence-corrected chi connectivity index (χ1v) is 4.19. The summed E-state index contributed by atoms with van der Waals surface area (Å²) in [5, 5.41) is 0. The van der Waals surface area contributed by atoms with E-state index in [0.29, 0.717) is 0 Å². The van der Waals surface area contributed by atoms with Crippen LogP contribution in [0.25, 0.3) is 0 Å². The molecule has 0 spiro atoms. The Kier molecular flexibility index (Phi) is 2.17. The van der Waals surface area contributed by atoms with E-state index in [1.807, 2.05) is 0 Å². The minimum Gasteiger partial charge on any atom is -0.298 e. The Bertz CT molecular complexity index is 186. The minimum absolute atomic E-state index is 0.0252. The van der Waals surface area contributed by atoms with Crippen molar-refractivity contribution in [3.05, 3.63) is 0 Å². The summed E-state index contributed by atoms with van der Waals surface area (Å²) in [6.07, 6.45) is 1.83. The monoisotopic (exact) mass is 172 g/mol. The molecule has 1 saturated carbocycles. The molecular formula is C9H16O3. The highest BCUT2D eigenvalue weighted by Gasteiger charge is 2.59. The first-order valence-electron chi connectivity index (χ1n) is 4.19. The molecule has 1 rings (SSSR count). The van der Waals surface area contributed by atoms with Gasteiger partial charge in [0, 0.05) is 0 Å². The Morgan fingerprint density at radius 2 is 1.83 bits per heavy atom. The van der Waals surface area contributed by atoms with Gasteiger partial charge >= 0.3 is 5.97 Å². The van der Waals surface area contributed by atoms with Crippen molar-refractivity contribution < 1.29 is 14.6 Å². The van der Waals surface area contributed by atoms with Crippen molar-refractivity contribution >= 4 is 5.97 Å². The summed E-state index contributed by atoms with van der Waals surface area (Å²) in [7, 11) is 1.36. The smallest absolute Gasteiger partial charge is 0.298 e. The van der Waals surface area contributed by atoms with Crippen LogP contribution < -0.4 is 0 Å². The Labute approximate surface area is 73.0 Å². The third kappa shape index (κ3) is 1.33. The molecular weight excluding hydrogens is 156 g/mol. The number of hydrogen-bond donors (Lipinski definition) is 0. The van der Waals surface area contributed by atoms with E-state index in [-0.39, 0.29) is 16.8 Å². The normalized spacial score (nSPS) is 20.3. The summed E-state index contributed by atoms with van der Waals surface area (Å²) in [4.78, 5) is 20.4. The number of hydrogen-bond acceptors (Lipinski definition) is 3. The highest BCUT2D eigenvalue weighted by molar-refractivity contribution is 5.80. The van der Waals surface area contributed by atoms with Gasteiger partial charge in [0.05, 0.1) is 12.5 Å². The second-order valence-electron chi connectivity index (χ2n) is 4.37. The molecule has 0 saturated heterocycles. The largest absolute Gasteiger partial charge is 0.348 e. The molecule has 70 valence electrons. The van der Waals surface area contributed by atoms with E-state index in [2.05, 4.69) is 30.5 Å². The van der Waals surface area contributed by atoms with Crippen molar-refractivity contribution in [1.82, 2.24) is 0 Å². The second-order valence-corrected chi connectivity index (χ2v) is 4.37. The zero-order valence-electron chi connectivity index (χ0n) is 8.14. The average molecular weight is 172 g/mol. The highest BCUT2D eigenvalue weighted by atomic mass is 17.2. The van der Waals surface area contributed by atoms with E-state index in [9.17, 15) is 4.79 Å². The summed E-state index contributed by atoms with van der Waals surface area (Å²) >= 11 is 0. The maximum Gasteiger partial charge on any atom is 0.348 e. The van der Waals surface area contributed by atoms with Gasteiger partial charge in [0.15, 0.2) is 0 Å². The molecule has 0 aliphatic heterocycles. The zero-order chi connectivity index (χ0) is 9.41. The molecule has 0 aromatic rings. The Morgan fingerprint density at radius 1 is 1.33 bits per heavy atom. The molecule has 0 aromatic heterocycles. The molecule has 1 aliphatic rings. The summed E-state index contributed by atoms with van der Waals surface area (Å²) in [6, 6.07) is 0. The van der Waals surface area contributed by atoms with Gasteiger partial charge < -0.3 is 0 Å². The lowest BCUT2D eigenvalue weighted by atomic mass is 9.78. The quantitative estimate of drug-likeness (QED) is 0.471. The van der Waals surface area contributed by atoms with Crippen molar-refractivity contribution in [2.24, 2.45) is 10.8 Å². The molecule has 0 aromatic carbocycles. The fourth-order valence-corrected chi connectivity index (χ4v) is 1.54. The molecule has 0 radical (unpaired) electrons. The lowest BCUT2D eigenvalue weighted by molar-refractivity contribution is -0.263. The Balaban J connectivity index is 2.67. The molecule has 0 amide bonds. The van der Waals surface area contributed by atoms with Crippen LogP contribution >= 0.6 is 0 Å². The van der Waals surface area contributed by atoms with E-state index in [0.717, 1.165) is 12.8 Å². The summed E-state index contributed by atoms with van der Waals surface area (Å²) in [5.41, 5.74) is -0.314. The number of rotatable bonds is 2. The van der Waals surface area contributed by atoms with Crippen LogP contribution in [0.5, 0.6) is 0 Å². The lowest BCUT2D eigenvalue weighted by Crippen LogP contribution is -2.31. The van der Waals surface area contributed by atoms with Gasteiger partial charge in [-0.15, -0.1) is 0 Å². The average Bonchev–Trinajstić information content (AvgIpc) is 2.63. The molecule has 0 atom stereocenters. The van der Waals surface area contributed by atoms with Gasteiger partial charge in [-0.05, 0) is 18.3 Å². The summed E-state index contributed by atoms with van der Waals surface area (Å²) < 4.78 is 0. The van der Waals surface area contributed by atoms with Crippen LogP contribution in [0.15, 0.2) is 0 Å². The van der Waals surface area contributed by atoms with Gasteiger partial charge in [0.1, 0.15) is 0 Å². The van der Waals surface area contributed by atoms with Gasteiger partial charge in [-0.2, -0.15) is 4.89 Å². The zero-order valence-corrected chi connectivity index (χ0v) is 8.14. The molecule has 0 heterocycles. The fraction of sp³-hybridized carbons (Fsp3) is 0.889. The molecule has 1 aliphatic carbocycles. The molecule has 1 fully saturated rings. The number of carbonyl (C=O) groups is 1. The fourth-order valence-electron chi connectivity index (χ4n) is 1.54. The first-order chi connectivity index (χ1) is 5.44. The third-order valence-corrected chi connectivity index (χ3v) is 2.74. The van der Waals surface area contributed by atoms with Crippen molar-refractivity contribution in [2.75, 3.05) is 7.11 Å². The SMILES string of the molecule is COOC(=O)C1(C(C)(C)C)CC1. The van der Waals surface area contributed by atoms with E-state index in [1.54, 1.807) is 0 Å². The predicted molar refractivity (Wildman–Crippen MR) is 44.2 cm³/mol. The van der Waals surface area contributed by atoms with Crippen LogP contribution in [0.2, 0.25) is 0 Å². The van der Waals surface area contributed by atoms with Gasteiger partial charge in [0.25, 0.3) is 0 Å². The lowest BCUT2D eigenvalue weighted by Gasteiger charge is -2.27. The van der Waals surface area contributed by atoms with Crippen molar-refractivity contribution in [1.29, 1.82) is 0 Å². The minimum atomic E-state index is -0.289.